The lowest BCUT2D eigenvalue weighted by atomic mass is 9.66. The number of halogens is 1. The van der Waals surface area contributed by atoms with Gasteiger partial charge in [0.25, 0.3) is 5.91 Å². The fourth-order valence-corrected chi connectivity index (χ4v) is 12.4. The summed E-state index contributed by atoms with van der Waals surface area (Å²) in [6.45, 7) is 9.59. The fraction of sp³-hybridized carbons (Fsp3) is 0.543. The number of hydrogen-bond donors (Lipinski definition) is 1. The van der Waals surface area contributed by atoms with Crippen LogP contribution in [0.5, 0.6) is 5.75 Å². The number of anilines is 1. The molecule has 11 heteroatoms. The molecule has 5 unspecified atom stereocenters. The molecular weight excluding hydrogens is 756 g/mol. The largest absolute Gasteiger partial charge is 0.490 e. The highest BCUT2D eigenvalue weighted by Gasteiger charge is 2.53. The molecule has 3 aromatic carbocycles. The number of hydrogen-bond acceptors (Lipinski definition) is 8. The average molecular weight is 814 g/mol. The van der Waals surface area contributed by atoms with Gasteiger partial charge in [-0.25, -0.2) is 4.21 Å². The van der Waals surface area contributed by atoms with Crippen LogP contribution in [-0.4, -0.2) is 103 Å². The third-order valence-electron chi connectivity index (χ3n) is 14.2. The molecule has 9 nitrogen and oxygen atoms in total. The van der Waals surface area contributed by atoms with Crippen molar-refractivity contribution in [2.45, 2.75) is 74.3 Å². The molecule has 3 fully saturated rings. The van der Waals surface area contributed by atoms with Crippen molar-refractivity contribution in [1.82, 2.24) is 14.5 Å². The van der Waals surface area contributed by atoms with Crippen LogP contribution in [0, 0.1) is 17.8 Å². The summed E-state index contributed by atoms with van der Waals surface area (Å²) in [4.78, 5) is 21.8. The Labute approximate surface area is 345 Å². The summed E-state index contributed by atoms with van der Waals surface area (Å²) in [6.07, 6.45) is 11.2. The number of morpholine rings is 1. The van der Waals surface area contributed by atoms with Gasteiger partial charge in [-0.3, -0.25) is 19.3 Å². The maximum atomic E-state index is 14.4. The van der Waals surface area contributed by atoms with Crippen LogP contribution in [0.15, 0.2) is 78.9 Å². The van der Waals surface area contributed by atoms with Crippen LogP contribution in [0.2, 0.25) is 5.02 Å². The Morgan fingerprint density at radius 3 is 2.74 bits per heavy atom. The summed E-state index contributed by atoms with van der Waals surface area (Å²) in [6, 6.07) is 22.7. The Bertz CT molecular complexity index is 2000. The third-order valence-corrected chi connectivity index (χ3v) is 16.0. The molecule has 2 saturated heterocycles. The van der Waals surface area contributed by atoms with Crippen LogP contribution in [0.25, 0.3) is 0 Å². The normalized spacial score (nSPS) is 34.1. The number of methoxy groups -OCH3 is 1. The zero-order valence-corrected chi connectivity index (χ0v) is 34.9. The van der Waals surface area contributed by atoms with Crippen molar-refractivity contribution in [2.24, 2.45) is 17.8 Å². The molecule has 0 aromatic heterocycles. The number of carbonyl (C=O) groups is 1. The van der Waals surface area contributed by atoms with Crippen molar-refractivity contribution in [3.63, 3.8) is 0 Å². The predicted molar refractivity (Wildman–Crippen MR) is 226 cm³/mol. The van der Waals surface area contributed by atoms with E-state index in [4.69, 9.17) is 25.8 Å². The quantitative estimate of drug-likeness (QED) is 0.289. The number of carbonyl (C=O) groups excluding carboxylic acids is 1. The Morgan fingerprint density at radius 1 is 1.04 bits per heavy atom. The summed E-state index contributed by atoms with van der Waals surface area (Å²) in [7, 11) is 0.254. The number of amides is 1. The van der Waals surface area contributed by atoms with Gasteiger partial charge in [0.15, 0.2) is 0 Å². The smallest absolute Gasteiger partial charge is 0.263 e. The molecule has 1 N–H and O–H groups in total. The minimum absolute atomic E-state index is 0.0196. The average Bonchev–Trinajstić information content (AvgIpc) is 3.37. The van der Waals surface area contributed by atoms with Crippen LogP contribution in [0.1, 0.15) is 66.1 Å². The van der Waals surface area contributed by atoms with Gasteiger partial charge in [-0.2, -0.15) is 0 Å². The monoisotopic (exact) mass is 812 g/mol. The topological polar surface area (TPSA) is 83.6 Å². The third kappa shape index (κ3) is 7.59. The highest BCUT2D eigenvalue weighted by molar-refractivity contribution is 7.84. The van der Waals surface area contributed by atoms with Gasteiger partial charge in [-0.15, -0.1) is 0 Å². The zero-order valence-electron chi connectivity index (χ0n) is 33.4. The van der Waals surface area contributed by atoms with Crippen molar-refractivity contribution in [3.8, 4) is 5.75 Å². The van der Waals surface area contributed by atoms with E-state index < -0.39 is 16.7 Å². The second kappa shape index (κ2) is 16.4. The van der Waals surface area contributed by atoms with E-state index in [0.29, 0.717) is 37.0 Å². The summed E-state index contributed by atoms with van der Waals surface area (Å²) < 4.78 is 37.0. The van der Waals surface area contributed by atoms with Crippen LogP contribution < -0.4 is 14.4 Å². The number of rotatable bonds is 4. The first-order chi connectivity index (χ1) is 27.7. The molecule has 2 bridgehead atoms. The number of allylic oxidation sites excluding steroid dienone is 1. The Kier molecular flexibility index (Phi) is 11.3. The summed E-state index contributed by atoms with van der Waals surface area (Å²) in [5, 5.41) is 0.467. The molecule has 8 atom stereocenters. The molecule has 0 radical (unpaired) electrons. The molecule has 57 heavy (non-hydrogen) atoms. The van der Waals surface area contributed by atoms with Gasteiger partial charge in [0.1, 0.15) is 22.5 Å². The first kappa shape index (κ1) is 39.2. The summed E-state index contributed by atoms with van der Waals surface area (Å²) in [5.74, 6) is 1.06. The van der Waals surface area contributed by atoms with Crippen molar-refractivity contribution in [1.29, 1.82) is 0 Å². The number of benzene rings is 3. The number of ether oxygens (including phenoxy) is 3. The molecule has 6 aliphatic rings. The molecule has 9 rings (SSSR count). The van der Waals surface area contributed by atoms with Crippen LogP contribution in [0.3, 0.4) is 0 Å². The Hall–Kier alpha value is -3.25. The van der Waals surface area contributed by atoms with Crippen LogP contribution >= 0.6 is 11.6 Å². The highest BCUT2D eigenvalue weighted by atomic mass is 35.5. The number of nitrogens with zero attached hydrogens (tertiary/aromatic N) is 3. The maximum Gasteiger partial charge on any atom is 0.263 e. The second-order valence-electron chi connectivity index (χ2n) is 17.5. The molecule has 304 valence electrons. The summed E-state index contributed by atoms with van der Waals surface area (Å²) >= 11 is 6.56. The van der Waals surface area contributed by atoms with E-state index in [1.54, 1.807) is 0 Å². The Balaban J connectivity index is 1.13. The van der Waals surface area contributed by atoms with Gasteiger partial charge >= 0.3 is 0 Å². The van der Waals surface area contributed by atoms with Crippen LogP contribution in [0.4, 0.5) is 5.69 Å². The van der Waals surface area contributed by atoms with E-state index in [9.17, 15) is 9.00 Å². The lowest BCUT2D eigenvalue weighted by molar-refractivity contribution is -0.195. The zero-order chi connectivity index (χ0) is 39.1. The molecule has 1 spiro atoms. The fourth-order valence-electron chi connectivity index (χ4n) is 10.9. The van der Waals surface area contributed by atoms with E-state index in [2.05, 4.69) is 62.8 Å². The highest BCUT2D eigenvalue weighted by Crippen LogP contribution is 2.50. The van der Waals surface area contributed by atoms with E-state index >= 15 is 0 Å². The van der Waals surface area contributed by atoms with Gasteiger partial charge in [-0.05, 0) is 110 Å². The first-order valence-electron chi connectivity index (χ1n) is 21.1. The van der Waals surface area contributed by atoms with Crippen molar-refractivity contribution in [3.05, 3.63) is 106 Å². The van der Waals surface area contributed by atoms with Crippen molar-refractivity contribution in [2.75, 3.05) is 71.1 Å². The number of piperazine rings is 1. The molecule has 4 aliphatic heterocycles. The second-order valence-corrected chi connectivity index (χ2v) is 19.3. The van der Waals surface area contributed by atoms with Crippen LogP contribution in [-0.2, 0) is 38.7 Å². The Morgan fingerprint density at radius 2 is 1.91 bits per heavy atom. The standard InChI is InChI=1S/C46H57ClN4O5S/c1-32-8-6-19-46(54-2,51-21-20-49-22-23-55-29-38(49)28-51)40-15-12-36(40)27-50-30-45(18-7-11-34-25-37(47)14-16-39(34)45)31-56-42-17-13-35(26-41(42)50)44(52)48-57(53)43(32)24-33-9-4-3-5-10-33/h3-6,9-10,13-14,16-17,19,25-26,32,36,38,40,43H,7-8,11-12,15,18,20-24,27-31H2,1-2H3,(H,48,52)/b19-6+/t32?,36?,38?,40?,43-,45-,46+,57?/m0/s1. The van der Waals surface area contributed by atoms with Gasteiger partial charge in [0.05, 0.1) is 30.8 Å². The minimum atomic E-state index is -1.64. The lowest BCUT2D eigenvalue weighted by Crippen LogP contribution is -2.67. The molecule has 3 aromatic rings. The van der Waals surface area contributed by atoms with Crippen molar-refractivity contribution < 1.29 is 23.2 Å². The number of aryl methyl sites for hydroxylation is 1. The summed E-state index contributed by atoms with van der Waals surface area (Å²) in [5.41, 5.74) is 4.29. The maximum absolute atomic E-state index is 14.4. The van der Waals surface area contributed by atoms with Gasteiger partial charge in [-0.1, -0.05) is 61.0 Å². The van der Waals surface area contributed by atoms with Gasteiger partial charge in [0, 0.05) is 74.3 Å². The van der Waals surface area contributed by atoms with E-state index in [1.807, 2.05) is 49.6 Å². The van der Waals surface area contributed by atoms with Gasteiger partial charge in [0.2, 0.25) is 0 Å². The molecule has 2 aliphatic carbocycles. The minimum Gasteiger partial charge on any atom is -0.490 e. The van der Waals surface area contributed by atoms with E-state index in [0.717, 1.165) is 107 Å². The lowest BCUT2D eigenvalue weighted by Gasteiger charge is -2.57. The number of nitrogens with one attached hydrogen (secondary N) is 1. The van der Waals surface area contributed by atoms with E-state index in [1.165, 1.54) is 11.1 Å². The molecule has 1 saturated carbocycles. The predicted octanol–water partition coefficient (Wildman–Crippen LogP) is 6.80. The van der Waals surface area contributed by atoms with Gasteiger partial charge < -0.3 is 19.1 Å². The number of fused-ring (bicyclic) bond motifs is 5. The van der Waals surface area contributed by atoms with E-state index in [-0.39, 0.29) is 28.4 Å². The first-order valence-corrected chi connectivity index (χ1v) is 22.7. The van der Waals surface area contributed by atoms with Crippen molar-refractivity contribution >= 4 is 34.2 Å². The molecular formula is C46H57ClN4O5S. The molecule has 4 heterocycles. The molecule has 1 amide bonds. The SMILES string of the molecule is CO[C@]1(N2CCN3CCOCC3C2)/C=C/CC(C)[C@H](Cc2ccccc2)S(=O)NC(=O)c2ccc3c(c2)N(CC2CCC21)C[C@@]1(CCCc2cc(Cl)ccc21)CO3.